The van der Waals surface area contributed by atoms with Gasteiger partial charge in [0.05, 0.1) is 6.04 Å². The maximum atomic E-state index is 11.4. The van der Waals surface area contributed by atoms with Gasteiger partial charge >= 0.3 is 0 Å². The lowest BCUT2D eigenvalue weighted by atomic mass is 10.2. The zero-order chi connectivity index (χ0) is 11.3. The van der Waals surface area contributed by atoms with Crippen LogP contribution in [0.25, 0.3) is 0 Å². The molecule has 0 saturated heterocycles. The van der Waals surface area contributed by atoms with E-state index in [9.17, 15) is 4.79 Å². The van der Waals surface area contributed by atoms with Gasteiger partial charge in [0, 0.05) is 11.0 Å². The quantitative estimate of drug-likeness (QED) is 0.877. The summed E-state index contributed by atoms with van der Waals surface area (Å²) in [6.07, 6.45) is 0.657. The van der Waals surface area contributed by atoms with Gasteiger partial charge in [0.15, 0.2) is 0 Å². The minimum Gasteiger partial charge on any atom is -0.351 e. The number of carbonyl (C=O) groups is 1. The summed E-state index contributed by atoms with van der Waals surface area (Å²) >= 11 is 3.37. The standard InChI is InChI=1S/C11H15BrN2O/c1-2-10(13)11(15)14-7-8-4-3-5-9(12)6-8/h3-6,10H,2,7,13H2,1H3,(H,14,15)/t10-/m1/s1. The molecule has 0 radical (unpaired) electrons. The van der Waals surface area contributed by atoms with E-state index in [-0.39, 0.29) is 5.91 Å². The van der Waals surface area contributed by atoms with Crippen LogP contribution in [-0.2, 0) is 11.3 Å². The first kappa shape index (κ1) is 12.2. The number of hydrogen-bond donors (Lipinski definition) is 2. The van der Waals surface area contributed by atoms with Crippen LogP contribution in [0.5, 0.6) is 0 Å². The van der Waals surface area contributed by atoms with Crippen LogP contribution in [0.2, 0.25) is 0 Å². The van der Waals surface area contributed by atoms with E-state index < -0.39 is 6.04 Å². The molecule has 1 atom stereocenters. The fraction of sp³-hybridized carbons (Fsp3) is 0.364. The smallest absolute Gasteiger partial charge is 0.237 e. The highest BCUT2D eigenvalue weighted by Gasteiger charge is 2.09. The van der Waals surface area contributed by atoms with Crippen molar-refractivity contribution in [2.45, 2.75) is 25.9 Å². The first-order valence-corrected chi connectivity index (χ1v) is 5.70. The van der Waals surface area contributed by atoms with Gasteiger partial charge in [0.25, 0.3) is 0 Å². The van der Waals surface area contributed by atoms with Crippen LogP contribution in [0.15, 0.2) is 28.7 Å². The van der Waals surface area contributed by atoms with Crippen LogP contribution in [0, 0.1) is 0 Å². The lowest BCUT2D eigenvalue weighted by Gasteiger charge is -2.09. The van der Waals surface area contributed by atoms with E-state index in [0.717, 1.165) is 10.0 Å². The summed E-state index contributed by atoms with van der Waals surface area (Å²) in [4.78, 5) is 11.4. The monoisotopic (exact) mass is 270 g/mol. The van der Waals surface area contributed by atoms with Gasteiger partial charge < -0.3 is 11.1 Å². The molecule has 1 aromatic rings. The Morgan fingerprint density at radius 3 is 2.93 bits per heavy atom. The molecule has 0 aliphatic rings. The molecule has 1 amide bonds. The molecule has 0 unspecified atom stereocenters. The SMILES string of the molecule is CC[C@@H](N)C(=O)NCc1cccc(Br)c1. The summed E-state index contributed by atoms with van der Waals surface area (Å²) in [5.74, 6) is -0.0996. The average molecular weight is 271 g/mol. The topological polar surface area (TPSA) is 55.1 Å². The number of carbonyl (C=O) groups excluding carboxylic acids is 1. The lowest BCUT2D eigenvalue weighted by Crippen LogP contribution is -2.39. The highest BCUT2D eigenvalue weighted by Crippen LogP contribution is 2.11. The highest BCUT2D eigenvalue weighted by atomic mass is 79.9. The van der Waals surface area contributed by atoms with Crippen molar-refractivity contribution >= 4 is 21.8 Å². The van der Waals surface area contributed by atoms with E-state index in [1.807, 2.05) is 31.2 Å². The maximum Gasteiger partial charge on any atom is 0.237 e. The molecular formula is C11H15BrN2O. The third-order valence-corrected chi connectivity index (χ3v) is 2.63. The molecule has 15 heavy (non-hydrogen) atoms. The summed E-state index contributed by atoms with van der Waals surface area (Å²) < 4.78 is 1.01. The second kappa shape index (κ2) is 5.88. The van der Waals surface area contributed by atoms with Gasteiger partial charge in [-0.25, -0.2) is 0 Å². The fourth-order valence-corrected chi connectivity index (χ4v) is 1.60. The Hall–Kier alpha value is -0.870. The molecule has 1 aromatic carbocycles. The van der Waals surface area contributed by atoms with Crippen molar-refractivity contribution in [1.29, 1.82) is 0 Å². The molecule has 0 heterocycles. The van der Waals surface area contributed by atoms with Gasteiger partial charge in [-0.3, -0.25) is 4.79 Å². The van der Waals surface area contributed by atoms with E-state index in [4.69, 9.17) is 5.73 Å². The van der Waals surface area contributed by atoms with E-state index in [1.165, 1.54) is 0 Å². The van der Waals surface area contributed by atoms with Crippen LogP contribution in [0.4, 0.5) is 0 Å². The lowest BCUT2D eigenvalue weighted by molar-refractivity contribution is -0.122. The predicted octanol–water partition coefficient (Wildman–Crippen LogP) is 1.80. The summed E-state index contributed by atoms with van der Waals surface area (Å²) in [5, 5.41) is 2.79. The largest absolute Gasteiger partial charge is 0.351 e. The van der Waals surface area contributed by atoms with Crippen molar-refractivity contribution in [1.82, 2.24) is 5.32 Å². The van der Waals surface area contributed by atoms with Crippen LogP contribution in [-0.4, -0.2) is 11.9 Å². The third kappa shape index (κ3) is 4.01. The molecule has 0 aliphatic heterocycles. The summed E-state index contributed by atoms with van der Waals surface area (Å²) in [7, 11) is 0. The van der Waals surface area contributed by atoms with Gasteiger partial charge in [-0.15, -0.1) is 0 Å². The molecule has 0 saturated carbocycles. The molecule has 0 aromatic heterocycles. The highest BCUT2D eigenvalue weighted by molar-refractivity contribution is 9.10. The van der Waals surface area contributed by atoms with Crippen molar-refractivity contribution in [3.63, 3.8) is 0 Å². The molecule has 1 rings (SSSR count). The zero-order valence-electron chi connectivity index (χ0n) is 8.66. The second-order valence-electron chi connectivity index (χ2n) is 3.36. The van der Waals surface area contributed by atoms with Crippen LogP contribution < -0.4 is 11.1 Å². The van der Waals surface area contributed by atoms with Crippen molar-refractivity contribution in [3.8, 4) is 0 Å². The van der Waals surface area contributed by atoms with Crippen LogP contribution >= 0.6 is 15.9 Å². The Balaban J connectivity index is 2.47. The fourth-order valence-electron chi connectivity index (χ4n) is 1.15. The number of halogens is 1. The Bertz CT molecular complexity index is 341. The number of nitrogens with two attached hydrogens (primary N) is 1. The van der Waals surface area contributed by atoms with E-state index in [0.29, 0.717) is 13.0 Å². The van der Waals surface area contributed by atoms with Gasteiger partial charge in [-0.2, -0.15) is 0 Å². The van der Waals surface area contributed by atoms with Gasteiger partial charge in [0.2, 0.25) is 5.91 Å². The Morgan fingerprint density at radius 2 is 2.33 bits per heavy atom. The molecule has 3 nitrogen and oxygen atoms in total. The number of nitrogens with one attached hydrogen (secondary N) is 1. The normalized spacial score (nSPS) is 12.2. The number of rotatable bonds is 4. The van der Waals surface area contributed by atoms with E-state index in [2.05, 4.69) is 21.2 Å². The van der Waals surface area contributed by atoms with Crippen molar-refractivity contribution in [3.05, 3.63) is 34.3 Å². The van der Waals surface area contributed by atoms with E-state index >= 15 is 0 Å². The van der Waals surface area contributed by atoms with Crippen molar-refractivity contribution < 1.29 is 4.79 Å². The first-order valence-electron chi connectivity index (χ1n) is 4.91. The van der Waals surface area contributed by atoms with Crippen LogP contribution in [0.1, 0.15) is 18.9 Å². The molecular weight excluding hydrogens is 256 g/mol. The number of benzene rings is 1. The predicted molar refractivity (Wildman–Crippen MR) is 64.3 cm³/mol. The molecule has 0 spiro atoms. The zero-order valence-corrected chi connectivity index (χ0v) is 10.3. The molecule has 4 heteroatoms. The molecule has 0 fully saturated rings. The summed E-state index contributed by atoms with van der Waals surface area (Å²) in [6, 6.07) is 7.41. The molecule has 0 aliphatic carbocycles. The van der Waals surface area contributed by atoms with Crippen LogP contribution in [0.3, 0.4) is 0 Å². The van der Waals surface area contributed by atoms with Crippen molar-refractivity contribution in [2.75, 3.05) is 0 Å². The van der Waals surface area contributed by atoms with Gasteiger partial charge in [0.1, 0.15) is 0 Å². The Labute approximate surface area is 98.2 Å². The number of hydrogen-bond acceptors (Lipinski definition) is 2. The molecule has 82 valence electrons. The second-order valence-corrected chi connectivity index (χ2v) is 4.28. The minimum absolute atomic E-state index is 0.0996. The summed E-state index contributed by atoms with van der Waals surface area (Å²) in [6.45, 7) is 2.41. The third-order valence-electron chi connectivity index (χ3n) is 2.13. The Morgan fingerprint density at radius 1 is 1.60 bits per heavy atom. The van der Waals surface area contributed by atoms with E-state index in [1.54, 1.807) is 0 Å². The van der Waals surface area contributed by atoms with Crippen molar-refractivity contribution in [2.24, 2.45) is 5.73 Å². The van der Waals surface area contributed by atoms with Gasteiger partial charge in [-0.05, 0) is 24.1 Å². The Kier molecular flexibility index (Phi) is 4.78. The number of amides is 1. The molecule has 3 N–H and O–H groups in total. The van der Waals surface area contributed by atoms with Gasteiger partial charge in [-0.1, -0.05) is 35.0 Å². The summed E-state index contributed by atoms with van der Waals surface area (Å²) in [5.41, 5.74) is 6.65. The molecule has 0 bridgehead atoms. The maximum absolute atomic E-state index is 11.4. The first-order chi connectivity index (χ1) is 7.13. The minimum atomic E-state index is -0.405. The average Bonchev–Trinajstić information content (AvgIpc) is 2.25.